The summed E-state index contributed by atoms with van der Waals surface area (Å²) in [6.45, 7) is 0.385. The summed E-state index contributed by atoms with van der Waals surface area (Å²) in [5.41, 5.74) is 1.62. The van der Waals surface area contributed by atoms with Crippen LogP contribution in [-0.2, 0) is 11.3 Å². The number of carbonyl (C=O) groups is 1. The van der Waals surface area contributed by atoms with Gasteiger partial charge in [-0.1, -0.05) is 0 Å². The van der Waals surface area contributed by atoms with Gasteiger partial charge in [0.1, 0.15) is 12.4 Å². The molecule has 1 aromatic rings. The minimum atomic E-state index is -0.222. The average molecular weight is 204 g/mol. The Morgan fingerprint density at radius 3 is 2.93 bits per heavy atom. The number of hydrogen-bond acceptors (Lipinski definition) is 3. The Hall–Kier alpha value is -1.51. The van der Waals surface area contributed by atoms with E-state index in [-0.39, 0.29) is 5.97 Å². The number of carbonyl (C=O) groups excluding carboxylic acids is 1. The molecule has 3 rings (SSSR count). The van der Waals surface area contributed by atoms with Crippen LogP contribution in [0.1, 0.15) is 35.2 Å². The number of benzene rings is 1. The van der Waals surface area contributed by atoms with Crippen LogP contribution >= 0.6 is 0 Å². The van der Waals surface area contributed by atoms with Gasteiger partial charge in [-0.05, 0) is 37.5 Å². The van der Waals surface area contributed by atoms with Gasteiger partial charge in [0, 0.05) is 5.56 Å². The average Bonchev–Trinajstić information content (AvgIpc) is 2.54. The Morgan fingerprint density at radius 2 is 2.20 bits per heavy atom. The van der Waals surface area contributed by atoms with E-state index in [9.17, 15) is 4.79 Å². The van der Waals surface area contributed by atoms with Crippen molar-refractivity contribution in [2.45, 2.75) is 32.0 Å². The first kappa shape index (κ1) is 8.77. The Balaban J connectivity index is 1.82. The van der Waals surface area contributed by atoms with E-state index >= 15 is 0 Å². The quantitative estimate of drug-likeness (QED) is 0.693. The molecule has 1 saturated carbocycles. The van der Waals surface area contributed by atoms with Crippen molar-refractivity contribution < 1.29 is 14.3 Å². The molecular weight excluding hydrogens is 192 g/mol. The van der Waals surface area contributed by atoms with E-state index in [0.29, 0.717) is 18.3 Å². The lowest BCUT2D eigenvalue weighted by Crippen LogP contribution is -2.24. The van der Waals surface area contributed by atoms with E-state index in [0.717, 1.165) is 24.2 Å². The summed E-state index contributed by atoms with van der Waals surface area (Å²) in [5.74, 6) is 0.636. The molecular formula is C12H12O3. The summed E-state index contributed by atoms with van der Waals surface area (Å²) in [4.78, 5) is 11.2. The van der Waals surface area contributed by atoms with Gasteiger partial charge in [0.05, 0.1) is 11.7 Å². The van der Waals surface area contributed by atoms with E-state index in [2.05, 4.69) is 0 Å². The van der Waals surface area contributed by atoms with Crippen LogP contribution in [0, 0.1) is 0 Å². The highest BCUT2D eigenvalue weighted by atomic mass is 16.5. The van der Waals surface area contributed by atoms with Gasteiger partial charge in [-0.3, -0.25) is 0 Å². The van der Waals surface area contributed by atoms with Crippen molar-refractivity contribution in [3.63, 3.8) is 0 Å². The number of fused-ring (bicyclic) bond motifs is 1. The van der Waals surface area contributed by atoms with E-state index in [1.807, 2.05) is 12.1 Å². The molecule has 0 radical (unpaired) electrons. The van der Waals surface area contributed by atoms with Gasteiger partial charge in [-0.2, -0.15) is 0 Å². The minimum absolute atomic E-state index is 0.222. The van der Waals surface area contributed by atoms with Crippen LogP contribution < -0.4 is 4.74 Å². The number of esters is 1. The summed E-state index contributed by atoms with van der Waals surface area (Å²) in [5, 5.41) is 0. The molecule has 0 amide bonds. The second-order valence-corrected chi connectivity index (χ2v) is 4.07. The lowest BCUT2D eigenvalue weighted by molar-refractivity contribution is 0.0535. The molecule has 1 heterocycles. The van der Waals surface area contributed by atoms with Gasteiger partial charge in [-0.15, -0.1) is 0 Å². The van der Waals surface area contributed by atoms with E-state index < -0.39 is 0 Å². The van der Waals surface area contributed by atoms with E-state index in [1.54, 1.807) is 6.07 Å². The highest BCUT2D eigenvalue weighted by Gasteiger charge is 2.23. The number of rotatable bonds is 2. The van der Waals surface area contributed by atoms with Gasteiger partial charge >= 0.3 is 5.97 Å². The molecule has 0 spiro atoms. The standard InChI is InChI=1S/C12H12O3/c13-12-11-5-4-10(6-8(11)7-14-12)15-9-2-1-3-9/h4-6,9H,1-3,7H2. The molecule has 0 unspecified atom stereocenters. The summed E-state index contributed by atoms with van der Waals surface area (Å²) >= 11 is 0. The predicted octanol–water partition coefficient (Wildman–Crippen LogP) is 2.29. The zero-order chi connectivity index (χ0) is 10.3. The third-order valence-electron chi connectivity index (χ3n) is 3.01. The fraction of sp³-hybridized carbons (Fsp3) is 0.417. The highest BCUT2D eigenvalue weighted by molar-refractivity contribution is 5.93. The van der Waals surface area contributed by atoms with Crippen LogP contribution in [0.2, 0.25) is 0 Å². The molecule has 0 saturated heterocycles. The van der Waals surface area contributed by atoms with Crippen molar-refractivity contribution in [2.75, 3.05) is 0 Å². The third-order valence-corrected chi connectivity index (χ3v) is 3.01. The second-order valence-electron chi connectivity index (χ2n) is 4.07. The Labute approximate surface area is 88.0 Å². The van der Waals surface area contributed by atoms with Gasteiger partial charge < -0.3 is 9.47 Å². The molecule has 0 N–H and O–H groups in total. The lowest BCUT2D eigenvalue weighted by atomic mass is 9.96. The number of cyclic esters (lactones) is 1. The van der Waals surface area contributed by atoms with Crippen LogP contribution in [0.4, 0.5) is 0 Å². The van der Waals surface area contributed by atoms with E-state index in [4.69, 9.17) is 9.47 Å². The predicted molar refractivity (Wildman–Crippen MR) is 53.8 cm³/mol. The van der Waals surface area contributed by atoms with Crippen LogP contribution in [0.25, 0.3) is 0 Å². The summed E-state index contributed by atoms with van der Waals surface area (Å²) in [7, 11) is 0. The monoisotopic (exact) mass is 204 g/mol. The van der Waals surface area contributed by atoms with Crippen LogP contribution in [-0.4, -0.2) is 12.1 Å². The normalized spacial score (nSPS) is 19.3. The molecule has 78 valence electrons. The van der Waals surface area contributed by atoms with Crippen LogP contribution in [0.5, 0.6) is 5.75 Å². The molecule has 3 nitrogen and oxygen atoms in total. The molecule has 2 aliphatic rings. The third kappa shape index (κ3) is 1.48. The van der Waals surface area contributed by atoms with Crippen molar-refractivity contribution >= 4 is 5.97 Å². The smallest absolute Gasteiger partial charge is 0.338 e. The fourth-order valence-corrected chi connectivity index (χ4v) is 1.86. The Bertz CT molecular complexity index is 407. The van der Waals surface area contributed by atoms with Gasteiger partial charge in [0.15, 0.2) is 0 Å². The topological polar surface area (TPSA) is 35.5 Å². The molecule has 0 bridgehead atoms. The van der Waals surface area contributed by atoms with Crippen molar-refractivity contribution in [3.8, 4) is 5.75 Å². The maximum absolute atomic E-state index is 11.2. The molecule has 1 aromatic carbocycles. The second kappa shape index (κ2) is 3.26. The molecule has 15 heavy (non-hydrogen) atoms. The maximum atomic E-state index is 11.2. The maximum Gasteiger partial charge on any atom is 0.338 e. The van der Waals surface area contributed by atoms with Crippen LogP contribution in [0.3, 0.4) is 0 Å². The SMILES string of the molecule is O=C1OCc2cc(OC3CCC3)ccc21. The van der Waals surface area contributed by atoms with Crippen molar-refractivity contribution in [1.82, 2.24) is 0 Å². The minimum Gasteiger partial charge on any atom is -0.490 e. The first-order valence-corrected chi connectivity index (χ1v) is 5.29. The molecule has 0 aromatic heterocycles. The number of hydrogen-bond donors (Lipinski definition) is 0. The van der Waals surface area contributed by atoms with Gasteiger partial charge in [-0.25, -0.2) is 4.79 Å². The summed E-state index contributed by atoms with van der Waals surface area (Å²) in [6, 6.07) is 5.56. The Kier molecular flexibility index (Phi) is 1.91. The fourth-order valence-electron chi connectivity index (χ4n) is 1.86. The molecule has 1 fully saturated rings. The van der Waals surface area contributed by atoms with Crippen molar-refractivity contribution in [3.05, 3.63) is 29.3 Å². The van der Waals surface area contributed by atoms with Gasteiger partial charge in [0.25, 0.3) is 0 Å². The first-order chi connectivity index (χ1) is 7.33. The summed E-state index contributed by atoms with van der Waals surface area (Å²) in [6.07, 6.45) is 3.93. The molecule has 3 heteroatoms. The lowest BCUT2D eigenvalue weighted by Gasteiger charge is -2.26. The van der Waals surface area contributed by atoms with E-state index in [1.165, 1.54) is 6.42 Å². The first-order valence-electron chi connectivity index (χ1n) is 5.29. The largest absolute Gasteiger partial charge is 0.490 e. The highest BCUT2D eigenvalue weighted by Crippen LogP contribution is 2.28. The van der Waals surface area contributed by atoms with Crippen molar-refractivity contribution in [1.29, 1.82) is 0 Å². The zero-order valence-corrected chi connectivity index (χ0v) is 8.36. The van der Waals surface area contributed by atoms with Crippen LogP contribution in [0.15, 0.2) is 18.2 Å². The molecule has 1 aliphatic carbocycles. The van der Waals surface area contributed by atoms with Gasteiger partial charge in [0.2, 0.25) is 0 Å². The molecule has 1 aliphatic heterocycles. The Morgan fingerprint density at radius 1 is 1.33 bits per heavy atom. The van der Waals surface area contributed by atoms with Crippen molar-refractivity contribution in [2.24, 2.45) is 0 Å². The number of ether oxygens (including phenoxy) is 2. The summed E-state index contributed by atoms with van der Waals surface area (Å²) < 4.78 is 10.7. The zero-order valence-electron chi connectivity index (χ0n) is 8.36. The molecule has 0 atom stereocenters.